The molecule has 8 aliphatic rings. The molecule has 75 heavy (non-hydrogen) atoms. The lowest BCUT2D eigenvalue weighted by Crippen LogP contribution is -2.54. The van der Waals surface area contributed by atoms with E-state index in [1.54, 1.807) is 12.5 Å². The maximum absolute atomic E-state index is 8.39. The standard InChI is InChI=1S/C33H56N2O2.C28H49ClO.C5H8N2O/c1-24(2)7-6-8-25(3)29-11-12-30-28-10-9-26-21-27(37-23-36-20-19-35-18-17-34-22-35)13-15-32(26,4)31(28)14-16-33(29,30)5;1-19(2)7-6-8-20(3)24-11-12-25-23-10-9-21-17-22(30-18-29)13-15-27(21,4)26(23)14-16-28(24,25)5;8-4-3-7-2-1-6-5-7/h17-18,22,24-31H,6-16,19-21,23H2,1-5H3;19-26H,6-18H2,1-5H3;1-2,5,8H,3-4H2. The number of fused-ring (bicyclic) bond motifs is 10. The first kappa shape index (κ1) is 59.7. The Morgan fingerprint density at radius 1 is 0.547 bits per heavy atom. The van der Waals surface area contributed by atoms with E-state index in [1.165, 1.54) is 154 Å². The number of halogens is 1. The minimum atomic E-state index is 0.177. The molecule has 0 saturated heterocycles. The van der Waals surface area contributed by atoms with Crippen LogP contribution < -0.4 is 0 Å². The van der Waals surface area contributed by atoms with Crippen molar-refractivity contribution in [1.29, 1.82) is 0 Å². The minimum absolute atomic E-state index is 0.177. The molecule has 0 radical (unpaired) electrons. The largest absolute Gasteiger partial charge is 0.395 e. The van der Waals surface area contributed by atoms with Crippen LogP contribution in [0.2, 0.25) is 0 Å². The number of hydrogen-bond donors (Lipinski definition) is 1. The number of aromatic nitrogens is 4. The monoisotopic (exact) mass is 1060 g/mol. The third-order valence-corrected chi connectivity index (χ3v) is 24.4. The van der Waals surface area contributed by atoms with E-state index in [4.69, 9.17) is 30.9 Å². The molecule has 0 aromatic carbocycles. The Hall–Kier alpha value is -1.45. The van der Waals surface area contributed by atoms with Gasteiger partial charge in [0, 0.05) is 37.9 Å². The lowest BCUT2D eigenvalue weighted by Gasteiger charge is -2.61. The Kier molecular flexibility index (Phi) is 21.4. The van der Waals surface area contributed by atoms with Gasteiger partial charge in [-0.2, -0.15) is 0 Å². The maximum atomic E-state index is 8.39. The van der Waals surface area contributed by atoms with Gasteiger partial charge in [-0.3, -0.25) is 0 Å². The third kappa shape index (κ3) is 13.7. The molecule has 9 heteroatoms. The second kappa shape index (κ2) is 26.9. The van der Waals surface area contributed by atoms with Crippen molar-refractivity contribution in [3.05, 3.63) is 37.4 Å². The van der Waals surface area contributed by atoms with Gasteiger partial charge >= 0.3 is 0 Å². The number of rotatable bonds is 20. The van der Waals surface area contributed by atoms with Crippen molar-refractivity contribution in [2.75, 3.05) is 26.1 Å². The van der Waals surface area contributed by atoms with Gasteiger partial charge in [-0.15, -0.1) is 0 Å². The molecule has 2 aromatic rings. The second-order valence-electron chi connectivity index (χ2n) is 29.0. The quantitative estimate of drug-likeness (QED) is 0.0808. The van der Waals surface area contributed by atoms with E-state index in [9.17, 15) is 0 Å². The van der Waals surface area contributed by atoms with Crippen LogP contribution in [-0.2, 0) is 27.3 Å². The number of aliphatic hydroxyl groups excluding tert-OH is 1. The van der Waals surface area contributed by atoms with E-state index in [0.29, 0.717) is 59.9 Å². The van der Waals surface area contributed by atoms with Gasteiger partial charge in [0.15, 0.2) is 0 Å². The molecular formula is C66H113ClN4O4. The molecule has 8 saturated carbocycles. The molecule has 2 aromatic heterocycles. The maximum Gasteiger partial charge on any atom is 0.147 e. The van der Waals surface area contributed by atoms with Gasteiger partial charge in [0.25, 0.3) is 0 Å². The Morgan fingerprint density at radius 3 is 1.44 bits per heavy atom. The Balaban J connectivity index is 0.000000176. The molecule has 2 heterocycles. The number of nitrogens with zero attached hydrogens (tertiary/aromatic N) is 4. The van der Waals surface area contributed by atoms with Gasteiger partial charge in [-0.25, -0.2) is 9.97 Å². The first-order chi connectivity index (χ1) is 36.0. The summed E-state index contributed by atoms with van der Waals surface area (Å²) in [6.45, 7) is 28.3. The van der Waals surface area contributed by atoms with Gasteiger partial charge in [-0.05, 0) is 220 Å². The van der Waals surface area contributed by atoms with E-state index in [2.05, 4.69) is 83.8 Å². The minimum Gasteiger partial charge on any atom is -0.395 e. The molecule has 18 unspecified atom stereocenters. The lowest BCUT2D eigenvalue weighted by molar-refractivity contribution is -0.158. The highest BCUT2D eigenvalue weighted by Gasteiger charge is 2.62. The molecule has 8 aliphatic carbocycles. The zero-order valence-corrected chi connectivity index (χ0v) is 50.5. The lowest BCUT2D eigenvalue weighted by atomic mass is 9.44. The summed E-state index contributed by atoms with van der Waals surface area (Å²) in [5.74, 6) is 13.1. The van der Waals surface area contributed by atoms with Crippen molar-refractivity contribution in [3.8, 4) is 0 Å². The second-order valence-corrected chi connectivity index (χ2v) is 29.2. The SMILES string of the molecule is CC(C)CCCC(C)C1CCC2C3CCC4CC(OCCl)CCC4(C)C3CCC12C.CC(C)CCCC(C)C1CCC2C3CCC4CC(OCOCCn5ccnc5)CCC4(C)C3CCC12C.OCCn1ccnc1. The molecule has 1 N–H and O–H groups in total. The van der Waals surface area contributed by atoms with Crippen LogP contribution in [0.4, 0.5) is 0 Å². The van der Waals surface area contributed by atoms with Crippen LogP contribution in [0.5, 0.6) is 0 Å². The third-order valence-electron chi connectivity index (χ3n) is 24.3. The van der Waals surface area contributed by atoms with E-state index >= 15 is 0 Å². The summed E-state index contributed by atoms with van der Waals surface area (Å²) in [7, 11) is 0. The normalized spacial score (nSPS) is 39.7. The predicted octanol–water partition coefficient (Wildman–Crippen LogP) is 16.9. The fourth-order valence-electron chi connectivity index (χ4n) is 20.2. The van der Waals surface area contributed by atoms with Crippen molar-refractivity contribution in [3.63, 3.8) is 0 Å². The highest BCUT2D eigenvalue weighted by molar-refractivity contribution is 6.17. The van der Waals surface area contributed by atoms with Crippen molar-refractivity contribution in [1.82, 2.24) is 19.1 Å². The smallest absolute Gasteiger partial charge is 0.147 e. The molecule has 0 amide bonds. The Bertz CT molecular complexity index is 1950. The number of imidazole rings is 2. The molecule has 18 atom stereocenters. The molecule has 0 bridgehead atoms. The highest BCUT2D eigenvalue weighted by atomic mass is 35.5. The fraction of sp³-hybridized carbons (Fsp3) is 0.909. The zero-order valence-electron chi connectivity index (χ0n) is 49.8. The molecule has 0 spiro atoms. The summed E-state index contributed by atoms with van der Waals surface area (Å²) in [5, 5.41) is 8.39. The van der Waals surface area contributed by atoms with E-state index in [0.717, 1.165) is 89.4 Å². The number of aliphatic hydroxyl groups is 1. The van der Waals surface area contributed by atoms with Crippen LogP contribution in [0, 0.1) is 105 Å². The van der Waals surface area contributed by atoms with E-state index in [-0.39, 0.29) is 6.61 Å². The van der Waals surface area contributed by atoms with Gasteiger partial charge < -0.3 is 28.5 Å². The molecule has 0 aliphatic heterocycles. The molecule has 428 valence electrons. The van der Waals surface area contributed by atoms with Gasteiger partial charge in [0.2, 0.25) is 0 Å². The topological polar surface area (TPSA) is 83.6 Å². The summed E-state index contributed by atoms with van der Waals surface area (Å²) in [4.78, 5) is 7.89. The van der Waals surface area contributed by atoms with Crippen LogP contribution in [0.25, 0.3) is 0 Å². The molecular weight excluding hydrogens is 948 g/mol. The van der Waals surface area contributed by atoms with Crippen molar-refractivity contribution in [2.24, 2.45) is 105 Å². The van der Waals surface area contributed by atoms with E-state index in [1.807, 2.05) is 29.5 Å². The van der Waals surface area contributed by atoms with Crippen LogP contribution in [0.3, 0.4) is 0 Å². The van der Waals surface area contributed by atoms with Crippen molar-refractivity contribution >= 4 is 11.6 Å². The van der Waals surface area contributed by atoms with Gasteiger partial charge in [0.1, 0.15) is 12.9 Å². The summed E-state index contributed by atoms with van der Waals surface area (Å²) in [6.07, 6.45) is 45.8. The van der Waals surface area contributed by atoms with Crippen LogP contribution in [-0.4, -0.2) is 62.5 Å². The summed E-state index contributed by atoms with van der Waals surface area (Å²) < 4.78 is 21.8. The average molecular weight is 1060 g/mol. The number of ether oxygens (including phenoxy) is 3. The summed E-state index contributed by atoms with van der Waals surface area (Å²) in [5.41, 5.74) is 2.33. The fourth-order valence-corrected chi connectivity index (χ4v) is 20.4. The van der Waals surface area contributed by atoms with Crippen LogP contribution >= 0.6 is 11.6 Å². The first-order valence-corrected chi connectivity index (χ1v) is 32.5. The summed E-state index contributed by atoms with van der Waals surface area (Å²) in [6, 6.07) is 0.372. The van der Waals surface area contributed by atoms with Crippen molar-refractivity contribution < 1.29 is 19.3 Å². The number of alkyl halides is 1. The zero-order chi connectivity index (χ0) is 53.4. The van der Waals surface area contributed by atoms with Crippen LogP contribution in [0.1, 0.15) is 223 Å². The van der Waals surface area contributed by atoms with Crippen LogP contribution in [0.15, 0.2) is 37.4 Å². The Morgan fingerprint density at radius 2 is 1.00 bits per heavy atom. The van der Waals surface area contributed by atoms with Gasteiger partial charge in [0.05, 0.1) is 38.1 Å². The molecule has 8 fully saturated rings. The Labute approximate surface area is 464 Å². The average Bonchev–Trinajstić information content (AvgIpc) is 4.24. The highest BCUT2D eigenvalue weighted by Crippen LogP contribution is 2.70. The van der Waals surface area contributed by atoms with E-state index < -0.39 is 0 Å². The molecule has 10 rings (SSSR count). The van der Waals surface area contributed by atoms with Gasteiger partial charge in [-0.1, -0.05) is 119 Å². The number of hydrogen-bond acceptors (Lipinski definition) is 6. The molecule has 8 nitrogen and oxygen atoms in total. The van der Waals surface area contributed by atoms with Crippen molar-refractivity contribution in [2.45, 2.75) is 249 Å². The first-order valence-electron chi connectivity index (χ1n) is 31.9. The predicted molar refractivity (Wildman–Crippen MR) is 309 cm³/mol. The summed E-state index contributed by atoms with van der Waals surface area (Å²) >= 11 is 5.90.